The third kappa shape index (κ3) is 5.81. The first-order chi connectivity index (χ1) is 15.6. The maximum atomic E-state index is 12.8. The summed E-state index contributed by atoms with van der Waals surface area (Å²) in [6, 6.07) is 7.78. The lowest BCUT2D eigenvalue weighted by atomic mass is 9.98. The van der Waals surface area contributed by atoms with Crippen LogP contribution in [0.2, 0.25) is 0 Å². The summed E-state index contributed by atoms with van der Waals surface area (Å²) in [5.74, 6) is -1.46. The average molecular weight is 476 g/mol. The Hall–Kier alpha value is -3.14. The van der Waals surface area contributed by atoms with E-state index in [1.54, 1.807) is 24.0 Å². The fraction of sp³-hybridized carbons (Fsp3) is 0.435. The summed E-state index contributed by atoms with van der Waals surface area (Å²) in [4.78, 5) is 30.1. The Morgan fingerprint density at radius 3 is 2.58 bits per heavy atom. The minimum Gasteiger partial charge on any atom is -0.478 e. The Bertz CT molecular complexity index is 1120. The predicted molar refractivity (Wildman–Crippen MR) is 124 cm³/mol. The standard InChI is InChI=1S/C23H29N3O6S/c1-4-32-23(29)17-6-5-11-26(14-17)21-20(22(27)28)12-18(13-24-21)25-33(30,31)19-9-7-16(8-10-19)15(2)3/h7-10,12-13,15,17,25H,4-6,11,14H2,1-3H3,(H,27,28). The van der Waals surface area contributed by atoms with Gasteiger partial charge in [-0.25, -0.2) is 18.2 Å². The van der Waals surface area contributed by atoms with Gasteiger partial charge in [-0.2, -0.15) is 0 Å². The van der Waals surface area contributed by atoms with Gasteiger partial charge in [0.1, 0.15) is 11.4 Å². The molecule has 1 unspecified atom stereocenters. The number of aromatic nitrogens is 1. The molecule has 178 valence electrons. The highest BCUT2D eigenvalue weighted by Crippen LogP contribution is 2.28. The zero-order valence-corrected chi connectivity index (χ0v) is 19.8. The van der Waals surface area contributed by atoms with E-state index >= 15 is 0 Å². The number of benzene rings is 1. The number of nitrogens with one attached hydrogen (secondary N) is 1. The van der Waals surface area contributed by atoms with E-state index in [0.717, 1.165) is 5.56 Å². The van der Waals surface area contributed by atoms with Gasteiger partial charge in [-0.3, -0.25) is 9.52 Å². The molecule has 1 aliphatic rings. The summed E-state index contributed by atoms with van der Waals surface area (Å²) in [6.07, 6.45) is 2.63. The second-order valence-electron chi connectivity index (χ2n) is 8.27. The SMILES string of the molecule is CCOC(=O)C1CCCN(c2ncc(NS(=O)(=O)c3ccc(C(C)C)cc3)cc2C(=O)O)C1. The summed E-state index contributed by atoms with van der Waals surface area (Å²) in [7, 11) is -3.92. The van der Waals surface area contributed by atoms with Gasteiger partial charge in [-0.15, -0.1) is 0 Å². The number of esters is 1. The maximum absolute atomic E-state index is 12.8. The molecule has 0 spiro atoms. The van der Waals surface area contributed by atoms with Gasteiger partial charge in [0.05, 0.1) is 29.3 Å². The number of hydrogen-bond donors (Lipinski definition) is 2. The minimum absolute atomic E-state index is 0.0445. The van der Waals surface area contributed by atoms with Crippen molar-refractivity contribution in [2.45, 2.75) is 44.4 Å². The molecule has 1 aromatic carbocycles. The molecule has 1 fully saturated rings. The molecule has 0 saturated carbocycles. The van der Waals surface area contributed by atoms with Crippen LogP contribution in [-0.2, 0) is 19.6 Å². The normalized spacial score (nSPS) is 16.5. The number of hydrogen-bond acceptors (Lipinski definition) is 7. The summed E-state index contributed by atoms with van der Waals surface area (Å²) in [6.45, 7) is 6.87. The number of carbonyl (C=O) groups excluding carboxylic acids is 1. The smallest absolute Gasteiger partial charge is 0.339 e. The number of aromatic carboxylic acids is 1. The number of rotatable bonds is 8. The van der Waals surface area contributed by atoms with Crippen molar-refractivity contribution < 1.29 is 27.9 Å². The van der Waals surface area contributed by atoms with Gasteiger partial charge in [0.15, 0.2) is 0 Å². The molecule has 33 heavy (non-hydrogen) atoms. The number of ether oxygens (including phenoxy) is 1. The number of carboxylic acid groups (broad SMARTS) is 1. The zero-order chi connectivity index (χ0) is 24.2. The molecule has 0 radical (unpaired) electrons. The molecule has 0 bridgehead atoms. The van der Waals surface area contributed by atoms with Crippen LogP contribution in [0, 0.1) is 5.92 Å². The van der Waals surface area contributed by atoms with Crippen LogP contribution in [-0.4, -0.2) is 50.1 Å². The Kier molecular flexibility index (Phi) is 7.57. The van der Waals surface area contributed by atoms with Crippen LogP contribution < -0.4 is 9.62 Å². The zero-order valence-electron chi connectivity index (χ0n) is 18.9. The molecule has 1 aliphatic heterocycles. The van der Waals surface area contributed by atoms with Crippen molar-refractivity contribution >= 4 is 33.5 Å². The number of pyridine rings is 1. The van der Waals surface area contributed by atoms with Crippen molar-refractivity contribution in [2.24, 2.45) is 5.92 Å². The summed E-state index contributed by atoms with van der Waals surface area (Å²) in [5, 5.41) is 9.74. The van der Waals surface area contributed by atoms with Crippen LogP contribution in [0.3, 0.4) is 0 Å². The lowest BCUT2D eigenvalue weighted by molar-refractivity contribution is -0.148. The summed E-state index contributed by atoms with van der Waals surface area (Å²) < 4.78 is 33.1. The van der Waals surface area contributed by atoms with Gasteiger partial charge in [0.25, 0.3) is 10.0 Å². The van der Waals surface area contributed by atoms with Crippen LogP contribution in [0.25, 0.3) is 0 Å². The number of carboxylic acids is 1. The maximum Gasteiger partial charge on any atom is 0.339 e. The van der Waals surface area contributed by atoms with Crippen LogP contribution in [0.4, 0.5) is 11.5 Å². The Balaban J connectivity index is 1.84. The number of piperidine rings is 1. The highest BCUT2D eigenvalue weighted by molar-refractivity contribution is 7.92. The van der Waals surface area contributed by atoms with E-state index in [-0.39, 0.29) is 46.4 Å². The molecule has 2 N–H and O–H groups in total. The molecule has 3 rings (SSSR count). The molecule has 0 aliphatic carbocycles. The van der Waals surface area contributed by atoms with Gasteiger partial charge in [-0.1, -0.05) is 26.0 Å². The Morgan fingerprint density at radius 2 is 1.97 bits per heavy atom. The summed E-state index contributed by atoms with van der Waals surface area (Å²) >= 11 is 0. The molecular weight excluding hydrogens is 446 g/mol. The van der Waals surface area contributed by atoms with Crippen molar-refractivity contribution in [2.75, 3.05) is 29.3 Å². The second kappa shape index (κ2) is 10.2. The molecule has 1 aromatic heterocycles. The molecule has 1 atom stereocenters. The molecular formula is C23H29N3O6S. The first-order valence-corrected chi connectivity index (χ1v) is 12.4. The van der Waals surface area contributed by atoms with Gasteiger partial charge in [0, 0.05) is 13.1 Å². The monoisotopic (exact) mass is 475 g/mol. The largest absolute Gasteiger partial charge is 0.478 e. The summed E-state index contributed by atoms with van der Waals surface area (Å²) in [5.41, 5.74) is 0.911. The van der Waals surface area contributed by atoms with E-state index < -0.39 is 16.0 Å². The van der Waals surface area contributed by atoms with Gasteiger partial charge < -0.3 is 14.7 Å². The lowest BCUT2D eigenvalue weighted by Crippen LogP contribution is -2.40. The quantitative estimate of drug-likeness (QED) is 0.556. The van der Waals surface area contributed by atoms with E-state index in [2.05, 4.69) is 9.71 Å². The van der Waals surface area contributed by atoms with E-state index in [0.29, 0.717) is 25.9 Å². The van der Waals surface area contributed by atoms with Gasteiger partial charge in [0.2, 0.25) is 0 Å². The van der Waals surface area contributed by atoms with Gasteiger partial charge in [-0.05, 0) is 49.4 Å². The number of anilines is 2. The van der Waals surface area contributed by atoms with E-state index in [1.807, 2.05) is 13.8 Å². The van der Waals surface area contributed by atoms with E-state index in [1.165, 1.54) is 24.4 Å². The first-order valence-electron chi connectivity index (χ1n) is 10.9. The van der Waals surface area contributed by atoms with Crippen molar-refractivity contribution in [3.8, 4) is 0 Å². The molecule has 10 heteroatoms. The topological polar surface area (TPSA) is 126 Å². The number of nitrogens with zero attached hydrogens (tertiary/aromatic N) is 2. The van der Waals surface area contributed by atoms with E-state index in [9.17, 15) is 23.1 Å². The fourth-order valence-electron chi connectivity index (χ4n) is 3.79. The fourth-order valence-corrected chi connectivity index (χ4v) is 4.82. The average Bonchev–Trinajstić information content (AvgIpc) is 2.79. The molecule has 9 nitrogen and oxygen atoms in total. The van der Waals surface area contributed by atoms with Crippen molar-refractivity contribution in [3.05, 3.63) is 47.7 Å². The highest BCUT2D eigenvalue weighted by Gasteiger charge is 2.30. The Labute approximate surface area is 193 Å². The minimum atomic E-state index is -3.92. The van der Waals surface area contributed by atoms with Crippen molar-refractivity contribution in [1.29, 1.82) is 0 Å². The van der Waals surface area contributed by atoms with Crippen LogP contribution in [0.15, 0.2) is 41.4 Å². The predicted octanol–water partition coefficient (Wildman–Crippen LogP) is 3.48. The molecule has 1 saturated heterocycles. The number of carbonyl (C=O) groups is 2. The van der Waals surface area contributed by atoms with Crippen LogP contribution >= 0.6 is 0 Å². The lowest BCUT2D eigenvalue weighted by Gasteiger charge is -2.33. The molecule has 0 amide bonds. The third-order valence-corrected chi connectivity index (χ3v) is 6.94. The van der Waals surface area contributed by atoms with Crippen LogP contribution in [0.1, 0.15) is 55.5 Å². The molecule has 2 heterocycles. The van der Waals surface area contributed by atoms with Gasteiger partial charge >= 0.3 is 11.9 Å². The van der Waals surface area contributed by atoms with Crippen molar-refractivity contribution in [1.82, 2.24) is 4.98 Å². The van der Waals surface area contributed by atoms with E-state index in [4.69, 9.17) is 4.74 Å². The van der Waals surface area contributed by atoms with Crippen molar-refractivity contribution in [3.63, 3.8) is 0 Å². The van der Waals surface area contributed by atoms with Crippen LogP contribution in [0.5, 0.6) is 0 Å². The number of sulfonamides is 1. The highest BCUT2D eigenvalue weighted by atomic mass is 32.2. The second-order valence-corrected chi connectivity index (χ2v) is 9.95. The Morgan fingerprint density at radius 1 is 1.27 bits per heavy atom. The first kappa shape index (κ1) is 24.5. The molecule has 2 aromatic rings. The third-order valence-electron chi connectivity index (χ3n) is 5.55.